The van der Waals surface area contributed by atoms with E-state index in [1.807, 2.05) is 17.8 Å². The van der Waals surface area contributed by atoms with E-state index in [2.05, 4.69) is 17.4 Å². The van der Waals surface area contributed by atoms with Crippen LogP contribution >= 0.6 is 11.8 Å². The normalized spacial score (nSPS) is 20.0. The van der Waals surface area contributed by atoms with E-state index in [0.29, 0.717) is 5.78 Å². The summed E-state index contributed by atoms with van der Waals surface area (Å²) < 4.78 is 0. The maximum Gasteiger partial charge on any atom is 0.168 e. The molecule has 1 aromatic carbocycles. The third kappa shape index (κ3) is 1.78. The summed E-state index contributed by atoms with van der Waals surface area (Å²) in [6.45, 7) is 1.70. The predicted molar refractivity (Wildman–Crippen MR) is 66.2 cm³/mol. The Kier molecular flexibility index (Phi) is 2.74. The average Bonchev–Trinajstić information content (AvgIpc) is 2.26. The standard InChI is InChI=1S/C13H15NOS/c15-13(11-7-14-8-11)10-3-4-12-9(6-10)2-1-5-16-12/h3-4,6,11,14H,1-2,5,7-8H2. The summed E-state index contributed by atoms with van der Waals surface area (Å²) in [5, 5.41) is 3.15. The van der Waals surface area contributed by atoms with E-state index in [1.165, 1.54) is 22.6 Å². The number of ketones is 1. The Hall–Kier alpha value is -0.800. The van der Waals surface area contributed by atoms with E-state index in [4.69, 9.17) is 0 Å². The Morgan fingerprint density at radius 1 is 1.38 bits per heavy atom. The zero-order valence-corrected chi connectivity index (χ0v) is 9.98. The molecular formula is C13H15NOS. The lowest BCUT2D eigenvalue weighted by Gasteiger charge is -2.26. The van der Waals surface area contributed by atoms with Crippen LogP contribution in [0.15, 0.2) is 23.1 Å². The molecule has 2 aliphatic heterocycles. The van der Waals surface area contributed by atoms with Gasteiger partial charge in [0.25, 0.3) is 0 Å². The van der Waals surface area contributed by atoms with Gasteiger partial charge in [-0.05, 0) is 36.3 Å². The fraction of sp³-hybridized carbons (Fsp3) is 0.462. The minimum atomic E-state index is 0.217. The molecule has 0 unspecified atom stereocenters. The van der Waals surface area contributed by atoms with Crippen molar-refractivity contribution in [2.75, 3.05) is 18.8 Å². The fourth-order valence-corrected chi connectivity index (χ4v) is 3.24. The third-order valence-corrected chi connectivity index (χ3v) is 4.55. The second-order valence-corrected chi connectivity index (χ2v) is 5.63. The minimum absolute atomic E-state index is 0.217. The van der Waals surface area contributed by atoms with Crippen molar-refractivity contribution in [3.63, 3.8) is 0 Å². The van der Waals surface area contributed by atoms with Gasteiger partial charge in [0.2, 0.25) is 0 Å². The highest BCUT2D eigenvalue weighted by molar-refractivity contribution is 7.99. The number of hydrogen-bond acceptors (Lipinski definition) is 3. The van der Waals surface area contributed by atoms with Crippen LogP contribution in [0.5, 0.6) is 0 Å². The van der Waals surface area contributed by atoms with Gasteiger partial charge in [-0.3, -0.25) is 4.79 Å². The van der Waals surface area contributed by atoms with Gasteiger partial charge in [0.1, 0.15) is 0 Å². The highest BCUT2D eigenvalue weighted by Gasteiger charge is 2.26. The summed E-state index contributed by atoms with van der Waals surface area (Å²) in [4.78, 5) is 13.4. The number of rotatable bonds is 2. The molecule has 3 heteroatoms. The molecule has 1 fully saturated rings. The second-order valence-electron chi connectivity index (χ2n) is 4.49. The summed E-state index contributed by atoms with van der Waals surface area (Å²) in [6, 6.07) is 6.23. The lowest BCUT2D eigenvalue weighted by molar-refractivity contribution is 0.0878. The molecule has 16 heavy (non-hydrogen) atoms. The van der Waals surface area contributed by atoms with Gasteiger partial charge in [-0.2, -0.15) is 0 Å². The number of nitrogens with one attached hydrogen (secondary N) is 1. The smallest absolute Gasteiger partial charge is 0.168 e. The maximum atomic E-state index is 12.1. The van der Waals surface area contributed by atoms with E-state index >= 15 is 0 Å². The van der Waals surface area contributed by atoms with Gasteiger partial charge in [0, 0.05) is 29.5 Å². The average molecular weight is 233 g/mol. The zero-order chi connectivity index (χ0) is 11.0. The molecule has 0 spiro atoms. The van der Waals surface area contributed by atoms with E-state index in [0.717, 1.165) is 25.1 Å². The lowest BCUT2D eigenvalue weighted by Crippen LogP contribution is -2.46. The number of aryl methyl sites for hydroxylation is 1. The molecule has 0 atom stereocenters. The monoisotopic (exact) mass is 233 g/mol. The first-order valence-electron chi connectivity index (χ1n) is 5.85. The van der Waals surface area contributed by atoms with Crippen LogP contribution in [-0.2, 0) is 6.42 Å². The molecule has 1 N–H and O–H groups in total. The van der Waals surface area contributed by atoms with Crippen LogP contribution in [-0.4, -0.2) is 24.6 Å². The minimum Gasteiger partial charge on any atom is -0.315 e. The third-order valence-electron chi connectivity index (χ3n) is 3.35. The van der Waals surface area contributed by atoms with Crippen LogP contribution in [0.1, 0.15) is 22.3 Å². The van der Waals surface area contributed by atoms with Gasteiger partial charge in [0.15, 0.2) is 5.78 Å². The Morgan fingerprint density at radius 3 is 3.00 bits per heavy atom. The van der Waals surface area contributed by atoms with E-state index in [1.54, 1.807) is 0 Å². The number of fused-ring (bicyclic) bond motifs is 1. The molecule has 0 saturated carbocycles. The first-order valence-corrected chi connectivity index (χ1v) is 6.84. The molecule has 2 aliphatic rings. The summed E-state index contributed by atoms with van der Waals surface area (Å²) >= 11 is 1.91. The lowest BCUT2D eigenvalue weighted by atomic mass is 9.91. The van der Waals surface area contributed by atoms with Crippen LogP contribution < -0.4 is 5.32 Å². The summed E-state index contributed by atoms with van der Waals surface area (Å²) in [5.41, 5.74) is 2.28. The molecule has 1 saturated heterocycles. The van der Waals surface area contributed by atoms with Crippen LogP contribution in [0, 0.1) is 5.92 Å². The summed E-state index contributed by atoms with van der Waals surface area (Å²) in [6.07, 6.45) is 2.37. The number of Topliss-reactive ketones (excluding diaryl/α,β-unsaturated/α-hetero) is 1. The van der Waals surface area contributed by atoms with Crippen molar-refractivity contribution < 1.29 is 4.79 Å². The highest BCUT2D eigenvalue weighted by atomic mass is 32.2. The zero-order valence-electron chi connectivity index (χ0n) is 9.16. The molecule has 1 aromatic rings. The van der Waals surface area contributed by atoms with Crippen LogP contribution in [0.3, 0.4) is 0 Å². The van der Waals surface area contributed by atoms with Gasteiger partial charge in [0.05, 0.1) is 0 Å². The van der Waals surface area contributed by atoms with Crippen molar-refractivity contribution >= 4 is 17.5 Å². The van der Waals surface area contributed by atoms with Crippen molar-refractivity contribution in [3.05, 3.63) is 29.3 Å². The molecular weight excluding hydrogens is 218 g/mol. The number of hydrogen-bond donors (Lipinski definition) is 1. The van der Waals surface area contributed by atoms with Gasteiger partial charge < -0.3 is 5.32 Å². The van der Waals surface area contributed by atoms with Gasteiger partial charge in [-0.15, -0.1) is 11.8 Å². The molecule has 0 amide bonds. The highest BCUT2D eigenvalue weighted by Crippen LogP contribution is 2.31. The van der Waals surface area contributed by atoms with Gasteiger partial charge >= 0.3 is 0 Å². The van der Waals surface area contributed by atoms with Crippen molar-refractivity contribution in [2.24, 2.45) is 5.92 Å². The van der Waals surface area contributed by atoms with E-state index in [9.17, 15) is 4.79 Å². The quantitative estimate of drug-likeness (QED) is 0.793. The summed E-state index contributed by atoms with van der Waals surface area (Å²) in [7, 11) is 0. The number of benzene rings is 1. The first kappa shape index (κ1) is 10.4. The summed E-state index contributed by atoms with van der Waals surface area (Å²) in [5.74, 6) is 1.75. The topological polar surface area (TPSA) is 29.1 Å². The molecule has 84 valence electrons. The second kappa shape index (κ2) is 4.22. The Labute approximate surface area is 99.8 Å². The fourth-order valence-electron chi connectivity index (χ4n) is 2.22. The molecule has 0 radical (unpaired) electrons. The molecule has 2 heterocycles. The van der Waals surface area contributed by atoms with Crippen molar-refractivity contribution in [2.45, 2.75) is 17.7 Å². The first-order chi connectivity index (χ1) is 7.84. The molecule has 0 bridgehead atoms. The largest absolute Gasteiger partial charge is 0.315 e. The van der Waals surface area contributed by atoms with Crippen LogP contribution in [0.25, 0.3) is 0 Å². The maximum absolute atomic E-state index is 12.1. The van der Waals surface area contributed by atoms with Crippen molar-refractivity contribution in [3.8, 4) is 0 Å². The van der Waals surface area contributed by atoms with Crippen LogP contribution in [0.2, 0.25) is 0 Å². The molecule has 0 aliphatic carbocycles. The van der Waals surface area contributed by atoms with Crippen molar-refractivity contribution in [1.82, 2.24) is 5.32 Å². The van der Waals surface area contributed by atoms with Crippen LogP contribution in [0.4, 0.5) is 0 Å². The molecule has 2 nitrogen and oxygen atoms in total. The van der Waals surface area contributed by atoms with E-state index in [-0.39, 0.29) is 5.92 Å². The van der Waals surface area contributed by atoms with Gasteiger partial charge in [-0.25, -0.2) is 0 Å². The Bertz CT molecular complexity index is 426. The molecule has 3 rings (SSSR count). The van der Waals surface area contributed by atoms with E-state index < -0.39 is 0 Å². The number of carbonyl (C=O) groups excluding carboxylic acids is 1. The van der Waals surface area contributed by atoms with Gasteiger partial charge in [-0.1, -0.05) is 6.07 Å². The number of carbonyl (C=O) groups is 1. The van der Waals surface area contributed by atoms with Crippen molar-refractivity contribution in [1.29, 1.82) is 0 Å². The Morgan fingerprint density at radius 2 is 2.25 bits per heavy atom. The molecule has 0 aromatic heterocycles. The predicted octanol–water partition coefficient (Wildman–Crippen LogP) is 2.13. The Balaban J connectivity index is 1.87. The SMILES string of the molecule is O=C(c1ccc2c(c1)CCCS2)C1CNC1. The number of thioether (sulfide) groups is 1.